The summed E-state index contributed by atoms with van der Waals surface area (Å²) in [6.45, 7) is 2.55. The summed E-state index contributed by atoms with van der Waals surface area (Å²) in [5.41, 5.74) is 1.81. The summed E-state index contributed by atoms with van der Waals surface area (Å²) in [7, 11) is 3.02. The number of carbonyl (C=O) groups is 2. The number of amides is 1. The van der Waals surface area contributed by atoms with Crippen molar-refractivity contribution in [3.8, 4) is 17.2 Å². The lowest BCUT2D eigenvalue weighted by atomic mass is 9.85. The molecule has 0 spiro atoms. The number of carbonyl (C=O) groups excluding carboxylic acids is 1. The van der Waals surface area contributed by atoms with Gasteiger partial charge in [-0.3, -0.25) is 9.80 Å². The van der Waals surface area contributed by atoms with Gasteiger partial charge in [-0.1, -0.05) is 41.4 Å². The van der Waals surface area contributed by atoms with Crippen molar-refractivity contribution in [1.82, 2.24) is 4.90 Å². The molecular formula is C35H35Cl2N3O8S. The van der Waals surface area contributed by atoms with Gasteiger partial charge in [0.1, 0.15) is 26.8 Å². The fourth-order valence-electron chi connectivity index (χ4n) is 6.70. The highest BCUT2D eigenvalue weighted by Gasteiger charge is 2.38. The van der Waals surface area contributed by atoms with E-state index >= 15 is 0 Å². The summed E-state index contributed by atoms with van der Waals surface area (Å²) in [6, 6.07) is 13.5. The molecule has 2 aromatic carbocycles. The molecular weight excluding hydrogens is 693 g/mol. The number of aromatic carboxylic acids is 1. The monoisotopic (exact) mass is 727 g/mol. The Kier molecular flexibility index (Phi) is 10.4. The average molecular weight is 729 g/mol. The first kappa shape index (κ1) is 34.6. The number of aromatic nitrogens is 1. The zero-order valence-electron chi connectivity index (χ0n) is 26.8. The topological polar surface area (TPSA) is 136 Å². The largest absolute Gasteiger partial charge is 0.619 e. The van der Waals surface area contributed by atoms with Crippen molar-refractivity contribution in [2.75, 3.05) is 38.8 Å². The molecule has 2 N–H and O–H groups in total. The first-order chi connectivity index (χ1) is 23.6. The third kappa shape index (κ3) is 7.37. The number of anilines is 1. The van der Waals surface area contributed by atoms with Gasteiger partial charge in [0.2, 0.25) is 0 Å². The van der Waals surface area contributed by atoms with Gasteiger partial charge < -0.3 is 29.6 Å². The number of benzene rings is 2. The standard InChI is InChI=1S/C35H35Cl2N3O8S/c1-46-30-8-7-21(13-31(30)47-2)23(15-25-26(36)17-39(45)18-27(25)37)24-14-22(49-33(24)34(42)43)16-40(28-5-3-4-6-29(28)41)35(44)48-32-19-38-11-9-20(32)10-12-38/h3-8,13-14,17-18,20,23,32,41H,9-12,15-16,19H2,1-2H3,(H,42,43)/t23-,32-/m0/s1. The highest BCUT2D eigenvalue weighted by atomic mass is 35.5. The number of halogens is 2. The number of thiophene rings is 1. The van der Waals surface area contributed by atoms with Crippen molar-refractivity contribution in [3.63, 3.8) is 0 Å². The lowest BCUT2D eigenvalue weighted by Gasteiger charge is -2.44. The van der Waals surface area contributed by atoms with Crippen molar-refractivity contribution in [3.05, 3.63) is 103 Å². The molecule has 0 unspecified atom stereocenters. The minimum atomic E-state index is -1.16. The molecule has 49 heavy (non-hydrogen) atoms. The number of pyridine rings is 1. The van der Waals surface area contributed by atoms with Crippen LogP contribution in [0.1, 0.15) is 50.0 Å². The quantitative estimate of drug-likeness (QED) is 0.127. The van der Waals surface area contributed by atoms with Gasteiger partial charge in [-0.2, -0.15) is 4.73 Å². The minimum Gasteiger partial charge on any atom is -0.619 e. The third-order valence-corrected chi connectivity index (χ3v) is 11.0. The number of aromatic hydroxyl groups is 1. The van der Waals surface area contributed by atoms with E-state index in [0.29, 0.717) is 44.3 Å². The van der Waals surface area contributed by atoms with E-state index in [1.807, 2.05) is 0 Å². The Morgan fingerprint density at radius 2 is 1.76 bits per heavy atom. The van der Waals surface area contributed by atoms with Crippen LogP contribution in [0.3, 0.4) is 0 Å². The van der Waals surface area contributed by atoms with E-state index in [0.717, 1.165) is 37.3 Å². The lowest BCUT2D eigenvalue weighted by Crippen LogP contribution is -2.53. The van der Waals surface area contributed by atoms with Gasteiger partial charge in [-0.05, 0) is 79.7 Å². The number of methoxy groups -OCH3 is 2. The Morgan fingerprint density at radius 3 is 2.37 bits per heavy atom. The second-order valence-electron chi connectivity index (χ2n) is 12.1. The molecule has 0 aliphatic carbocycles. The van der Waals surface area contributed by atoms with Gasteiger partial charge >= 0.3 is 12.1 Å². The summed E-state index contributed by atoms with van der Waals surface area (Å²) in [5, 5.41) is 33.6. The van der Waals surface area contributed by atoms with Crippen LogP contribution in [0.2, 0.25) is 10.0 Å². The van der Waals surface area contributed by atoms with E-state index in [4.69, 9.17) is 37.4 Å². The van der Waals surface area contributed by atoms with Gasteiger partial charge in [0.05, 0.1) is 26.5 Å². The van der Waals surface area contributed by atoms with Crippen molar-refractivity contribution >= 4 is 52.3 Å². The van der Waals surface area contributed by atoms with Gasteiger partial charge in [-0.25, -0.2) is 9.59 Å². The van der Waals surface area contributed by atoms with E-state index in [9.17, 15) is 25.0 Å². The van der Waals surface area contributed by atoms with E-state index in [2.05, 4.69) is 4.90 Å². The van der Waals surface area contributed by atoms with Crippen molar-refractivity contribution in [2.45, 2.75) is 37.8 Å². The molecule has 3 fully saturated rings. The molecule has 0 radical (unpaired) electrons. The van der Waals surface area contributed by atoms with Crippen LogP contribution in [0.15, 0.2) is 60.9 Å². The van der Waals surface area contributed by atoms with Crippen LogP contribution >= 0.6 is 34.5 Å². The lowest BCUT2D eigenvalue weighted by molar-refractivity contribution is -0.605. The second-order valence-corrected chi connectivity index (χ2v) is 14.1. The zero-order chi connectivity index (χ0) is 34.8. The van der Waals surface area contributed by atoms with Crippen LogP contribution in [-0.4, -0.2) is 67.1 Å². The van der Waals surface area contributed by atoms with E-state index in [-0.39, 0.29) is 51.3 Å². The minimum absolute atomic E-state index is 0.0415. The number of piperidine rings is 3. The molecule has 0 saturated carbocycles. The number of phenolic OH excluding ortho intramolecular Hbond substituents is 1. The van der Waals surface area contributed by atoms with Crippen LogP contribution in [-0.2, 0) is 17.7 Å². The van der Waals surface area contributed by atoms with Gasteiger partial charge in [0.15, 0.2) is 23.9 Å². The Balaban J connectivity index is 1.41. The predicted molar refractivity (Wildman–Crippen MR) is 186 cm³/mol. The Morgan fingerprint density at radius 1 is 1.06 bits per heavy atom. The molecule has 258 valence electrons. The molecule has 1 amide bonds. The summed E-state index contributed by atoms with van der Waals surface area (Å²) >= 11 is 14.0. The third-order valence-electron chi connectivity index (χ3n) is 9.21. The molecule has 2 atom stereocenters. The number of para-hydroxylation sites is 2. The van der Waals surface area contributed by atoms with Crippen LogP contribution in [0.4, 0.5) is 10.5 Å². The van der Waals surface area contributed by atoms with Crippen molar-refractivity contribution in [2.24, 2.45) is 5.92 Å². The van der Waals surface area contributed by atoms with E-state index in [1.165, 1.54) is 37.6 Å². The molecule has 5 heterocycles. The Hall–Kier alpha value is -4.23. The number of carboxylic acids is 1. The van der Waals surface area contributed by atoms with Crippen LogP contribution in [0, 0.1) is 11.1 Å². The first-order valence-electron chi connectivity index (χ1n) is 15.7. The summed E-state index contributed by atoms with van der Waals surface area (Å²) in [4.78, 5) is 30.9. The Labute approximate surface area is 297 Å². The highest BCUT2D eigenvalue weighted by molar-refractivity contribution is 7.14. The summed E-state index contributed by atoms with van der Waals surface area (Å²) < 4.78 is 17.6. The SMILES string of the molecule is COc1ccc([C@H](Cc2c(Cl)c[n+]([O-])cc2Cl)c2cc(CN(C(=O)O[C@H]3CN4CCC3CC4)c3ccccc3O)sc2C(=O)O)cc1OC. The predicted octanol–water partition coefficient (Wildman–Crippen LogP) is 6.72. The second kappa shape index (κ2) is 14.7. The van der Waals surface area contributed by atoms with Crippen molar-refractivity contribution in [1.29, 1.82) is 0 Å². The number of nitrogens with zero attached hydrogens (tertiary/aromatic N) is 3. The first-order valence-corrected chi connectivity index (χ1v) is 17.3. The smallest absolute Gasteiger partial charge is 0.415 e. The van der Waals surface area contributed by atoms with E-state index < -0.39 is 18.0 Å². The Bertz CT molecular complexity index is 1840. The number of phenols is 1. The maximum Gasteiger partial charge on any atom is 0.415 e. The van der Waals surface area contributed by atoms with Crippen LogP contribution in [0.25, 0.3) is 0 Å². The van der Waals surface area contributed by atoms with Gasteiger partial charge in [-0.15, -0.1) is 11.3 Å². The molecule has 3 saturated heterocycles. The normalized spacial score (nSPS) is 18.9. The molecule has 4 aromatic rings. The molecule has 14 heteroatoms. The number of ether oxygens (including phenoxy) is 3. The maximum atomic E-state index is 13.9. The van der Waals surface area contributed by atoms with Crippen molar-refractivity contribution < 1.29 is 38.7 Å². The maximum absolute atomic E-state index is 13.9. The highest BCUT2D eigenvalue weighted by Crippen LogP contribution is 2.42. The number of rotatable bonds is 11. The molecule has 7 rings (SSSR count). The average Bonchev–Trinajstić information content (AvgIpc) is 3.51. The zero-order valence-corrected chi connectivity index (χ0v) is 29.1. The van der Waals surface area contributed by atoms with Gasteiger partial charge in [0.25, 0.3) is 0 Å². The number of hydrogen-bond acceptors (Lipinski definition) is 9. The van der Waals surface area contributed by atoms with Crippen LogP contribution in [0.5, 0.6) is 17.2 Å². The fourth-order valence-corrected chi connectivity index (χ4v) is 8.35. The number of carboxylic acid groups (broad SMARTS) is 1. The molecule has 2 aromatic heterocycles. The number of hydrogen-bond donors (Lipinski definition) is 2. The number of fused-ring (bicyclic) bond motifs is 3. The van der Waals surface area contributed by atoms with E-state index in [1.54, 1.807) is 42.5 Å². The molecule has 3 aliphatic heterocycles. The fraction of sp³-hybridized carbons (Fsp3) is 0.343. The summed E-state index contributed by atoms with van der Waals surface area (Å²) in [6.07, 6.45) is 3.51. The molecule has 11 nitrogen and oxygen atoms in total. The molecule has 3 aliphatic rings. The van der Waals surface area contributed by atoms with Crippen LogP contribution < -0.4 is 19.1 Å². The summed E-state index contributed by atoms with van der Waals surface area (Å²) in [5.74, 6) is -0.731. The molecule has 2 bridgehead atoms. The van der Waals surface area contributed by atoms with Gasteiger partial charge in [0, 0.05) is 22.9 Å².